The van der Waals surface area contributed by atoms with Crippen LogP contribution in [-0.4, -0.2) is 24.4 Å². The van der Waals surface area contributed by atoms with Gasteiger partial charge in [-0.3, -0.25) is 4.79 Å². The van der Waals surface area contributed by atoms with Crippen LogP contribution >= 0.6 is 0 Å². The third kappa shape index (κ3) is 2.11. The van der Waals surface area contributed by atoms with E-state index in [2.05, 4.69) is 6.07 Å². The van der Waals surface area contributed by atoms with Crippen LogP contribution in [0.1, 0.15) is 31.2 Å². The molecule has 1 saturated carbocycles. The zero-order valence-electron chi connectivity index (χ0n) is 10.7. The first-order chi connectivity index (χ1) is 8.70. The van der Waals surface area contributed by atoms with Gasteiger partial charge in [-0.05, 0) is 18.4 Å². The van der Waals surface area contributed by atoms with Gasteiger partial charge in [0.25, 0.3) is 0 Å². The summed E-state index contributed by atoms with van der Waals surface area (Å²) in [6.07, 6.45) is 3.35. The molecule has 0 N–H and O–H groups in total. The number of hydrogen-bond acceptors (Lipinski definition) is 2. The molecule has 1 aromatic rings. The first-order valence-electron chi connectivity index (χ1n) is 6.39. The fourth-order valence-electron chi connectivity index (χ4n) is 2.60. The molecule has 3 heteroatoms. The van der Waals surface area contributed by atoms with Crippen molar-refractivity contribution in [2.75, 3.05) is 13.6 Å². The Labute approximate surface area is 108 Å². The summed E-state index contributed by atoms with van der Waals surface area (Å²) in [7, 11) is 1.79. The summed E-state index contributed by atoms with van der Waals surface area (Å²) < 4.78 is 0. The molecule has 1 amide bonds. The molecule has 3 nitrogen and oxygen atoms in total. The van der Waals surface area contributed by atoms with Crippen molar-refractivity contribution >= 4 is 5.91 Å². The summed E-state index contributed by atoms with van der Waals surface area (Å²) >= 11 is 0. The molecule has 0 aromatic heterocycles. The molecule has 0 aliphatic heterocycles. The van der Waals surface area contributed by atoms with Gasteiger partial charge >= 0.3 is 0 Å². The third-order valence-corrected chi connectivity index (χ3v) is 3.85. The lowest BCUT2D eigenvalue weighted by Gasteiger charge is -2.43. The molecule has 94 valence electrons. The minimum Gasteiger partial charge on any atom is -0.344 e. The second kappa shape index (κ2) is 5.22. The van der Waals surface area contributed by atoms with Crippen LogP contribution in [0.3, 0.4) is 0 Å². The summed E-state index contributed by atoms with van der Waals surface area (Å²) in [5, 5.41) is 8.60. The van der Waals surface area contributed by atoms with Crippen molar-refractivity contribution in [1.82, 2.24) is 4.90 Å². The Morgan fingerprint density at radius 1 is 1.39 bits per heavy atom. The zero-order chi connectivity index (χ0) is 13.0. The minimum atomic E-state index is -0.328. The van der Waals surface area contributed by atoms with E-state index >= 15 is 0 Å². The van der Waals surface area contributed by atoms with Gasteiger partial charge in [0.2, 0.25) is 5.91 Å². The van der Waals surface area contributed by atoms with Crippen LogP contribution in [0.4, 0.5) is 0 Å². The van der Waals surface area contributed by atoms with Crippen molar-refractivity contribution in [2.45, 2.75) is 31.1 Å². The van der Waals surface area contributed by atoms with Crippen LogP contribution in [0.15, 0.2) is 30.3 Å². The van der Waals surface area contributed by atoms with E-state index < -0.39 is 0 Å². The molecule has 0 bridgehead atoms. The normalized spacial score (nSPS) is 16.4. The van der Waals surface area contributed by atoms with E-state index in [1.54, 1.807) is 11.9 Å². The van der Waals surface area contributed by atoms with Crippen LogP contribution in [0.2, 0.25) is 0 Å². The van der Waals surface area contributed by atoms with E-state index in [0.717, 1.165) is 24.8 Å². The third-order valence-electron chi connectivity index (χ3n) is 3.85. The van der Waals surface area contributed by atoms with Crippen molar-refractivity contribution in [3.63, 3.8) is 0 Å². The molecule has 0 heterocycles. The van der Waals surface area contributed by atoms with Crippen molar-refractivity contribution < 1.29 is 4.79 Å². The van der Waals surface area contributed by atoms with Gasteiger partial charge in [0.15, 0.2) is 0 Å². The lowest BCUT2D eigenvalue weighted by atomic mass is 9.63. The molecular formula is C15H18N2O. The number of likely N-dealkylation sites (N-methyl/N-ethyl adjacent to an activating group) is 1. The maximum absolute atomic E-state index is 12.6. The van der Waals surface area contributed by atoms with Gasteiger partial charge in [0.05, 0.1) is 17.9 Å². The van der Waals surface area contributed by atoms with E-state index in [0.29, 0.717) is 13.0 Å². The largest absolute Gasteiger partial charge is 0.344 e. The van der Waals surface area contributed by atoms with Crippen LogP contribution < -0.4 is 0 Å². The van der Waals surface area contributed by atoms with Crippen molar-refractivity contribution in [2.24, 2.45) is 0 Å². The highest BCUT2D eigenvalue weighted by molar-refractivity contribution is 5.89. The molecule has 2 rings (SSSR count). The standard InChI is InChI=1S/C15H18N2O/c1-17(12-6-11-16)14(18)15(9-5-10-15)13-7-3-2-4-8-13/h2-4,7-8H,5-6,9-10,12H2,1H3. The fourth-order valence-corrected chi connectivity index (χ4v) is 2.60. The molecule has 1 fully saturated rings. The van der Waals surface area contributed by atoms with Gasteiger partial charge in [-0.25, -0.2) is 0 Å². The van der Waals surface area contributed by atoms with Crippen molar-refractivity contribution in [1.29, 1.82) is 5.26 Å². The number of carbonyl (C=O) groups excluding carboxylic acids is 1. The van der Waals surface area contributed by atoms with Gasteiger partial charge in [-0.2, -0.15) is 5.26 Å². The van der Waals surface area contributed by atoms with Crippen LogP contribution in [-0.2, 0) is 10.2 Å². The maximum atomic E-state index is 12.6. The molecule has 0 spiro atoms. The van der Waals surface area contributed by atoms with Crippen LogP contribution in [0.25, 0.3) is 0 Å². The molecule has 1 aromatic carbocycles. The molecule has 0 unspecified atom stereocenters. The van der Waals surface area contributed by atoms with Crippen molar-refractivity contribution in [3.8, 4) is 6.07 Å². The Kier molecular flexibility index (Phi) is 3.66. The molecule has 18 heavy (non-hydrogen) atoms. The van der Waals surface area contributed by atoms with Gasteiger partial charge in [0.1, 0.15) is 0 Å². The van der Waals surface area contributed by atoms with Gasteiger partial charge < -0.3 is 4.90 Å². The molecule has 0 atom stereocenters. The van der Waals surface area contributed by atoms with E-state index in [9.17, 15) is 4.79 Å². The summed E-state index contributed by atoms with van der Waals surface area (Å²) in [5.41, 5.74) is 0.788. The number of benzene rings is 1. The Balaban J connectivity index is 2.18. The number of rotatable bonds is 4. The van der Waals surface area contributed by atoms with E-state index in [1.165, 1.54) is 0 Å². The summed E-state index contributed by atoms with van der Waals surface area (Å²) in [6.45, 7) is 0.518. The highest BCUT2D eigenvalue weighted by Crippen LogP contribution is 2.44. The van der Waals surface area contributed by atoms with Gasteiger partial charge in [0, 0.05) is 13.6 Å². The number of carbonyl (C=O) groups is 1. The Hall–Kier alpha value is -1.82. The van der Waals surface area contributed by atoms with Gasteiger partial charge in [-0.15, -0.1) is 0 Å². The highest BCUT2D eigenvalue weighted by Gasteiger charge is 2.46. The molecule has 0 radical (unpaired) electrons. The predicted molar refractivity (Wildman–Crippen MR) is 69.8 cm³/mol. The summed E-state index contributed by atoms with van der Waals surface area (Å²) in [6, 6.07) is 12.1. The lowest BCUT2D eigenvalue weighted by molar-refractivity contribution is -0.139. The maximum Gasteiger partial charge on any atom is 0.232 e. The summed E-state index contributed by atoms with van der Waals surface area (Å²) in [4.78, 5) is 14.3. The lowest BCUT2D eigenvalue weighted by Crippen LogP contribution is -2.50. The molecular weight excluding hydrogens is 224 g/mol. The number of nitrogens with zero attached hydrogens (tertiary/aromatic N) is 2. The molecule has 1 aliphatic rings. The Morgan fingerprint density at radius 2 is 2.06 bits per heavy atom. The average Bonchev–Trinajstić information content (AvgIpc) is 2.36. The summed E-state index contributed by atoms with van der Waals surface area (Å²) in [5.74, 6) is 0.162. The predicted octanol–water partition coefficient (Wildman–Crippen LogP) is 2.48. The minimum absolute atomic E-state index is 0.162. The smallest absolute Gasteiger partial charge is 0.232 e. The van der Waals surface area contributed by atoms with E-state index in [-0.39, 0.29) is 11.3 Å². The zero-order valence-corrected chi connectivity index (χ0v) is 10.7. The van der Waals surface area contributed by atoms with E-state index in [1.807, 2.05) is 30.3 Å². The number of hydrogen-bond donors (Lipinski definition) is 0. The number of nitriles is 1. The first kappa shape index (κ1) is 12.6. The molecule has 0 saturated heterocycles. The SMILES string of the molecule is CN(CCC#N)C(=O)C1(c2ccccc2)CCC1. The second-order valence-electron chi connectivity index (χ2n) is 4.94. The monoisotopic (exact) mass is 242 g/mol. The van der Waals surface area contributed by atoms with Crippen LogP contribution in [0.5, 0.6) is 0 Å². The highest BCUT2D eigenvalue weighted by atomic mass is 16.2. The van der Waals surface area contributed by atoms with Gasteiger partial charge in [-0.1, -0.05) is 36.8 Å². The van der Waals surface area contributed by atoms with Crippen LogP contribution in [0, 0.1) is 11.3 Å². The topological polar surface area (TPSA) is 44.1 Å². The number of amides is 1. The quantitative estimate of drug-likeness (QED) is 0.814. The second-order valence-corrected chi connectivity index (χ2v) is 4.94. The average molecular weight is 242 g/mol. The fraction of sp³-hybridized carbons (Fsp3) is 0.467. The Bertz CT molecular complexity index is 457. The Morgan fingerprint density at radius 3 is 2.56 bits per heavy atom. The first-order valence-corrected chi connectivity index (χ1v) is 6.39. The van der Waals surface area contributed by atoms with E-state index in [4.69, 9.17) is 5.26 Å². The molecule has 1 aliphatic carbocycles. The van der Waals surface area contributed by atoms with Crippen molar-refractivity contribution in [3.05, 3.63) is 35.9 Å².